The molecule has 0 nitrogen and oxygen atoms in total. The highest BCUT2D eigenvalue weighted by Crippen LogP contribution is 2.46. The monoisotopic (exact) mass is 430 g/mol. The molecular formula is C31H58. The van der Waals surface area contributed by atoms with Gasteiger partial charge in [0, 0.05) is 0 Å². The van der Waals surface area contributed by atoms with E-state index >= 15 is 0 Å². The largest absolute Gasteiger partial charge is 0.0654 e. The summed E-state index contributed by atoms with van der Waals surface area (Å²) >= 11 is 0. The lowest BCUT2D eigenvalue weighted by Gasteiger charge is -2.41. The highest BCUT2D eigenvalue weighted by Gasteiger charge is 2.34. The van der Waals surface area contributed by atoms with Crippen LogP contribution in [0.1, 0.15) is 162 Å². The van der Waals surface area contributed by atoms with Crippen LogP contribution < -0.4 is 0 Å². The second-order valence-electron chi connectivity index (χ2n) is 12.3. The van der Waals surface area contributed by atoms with Crippen molar-refractivity contribution in [1.82, 2.24) is 0 Å². The molecule has 0 heteroatoms. The van der Waals surface area contributed by atoms with Gasteiger partial charge in [-0.05, 0) is 86.9 Å². The first-order chi connectivity index (χ1) is 15.3. The van der Waals surface area contributed by atoms with Crippen molar-refractivity contribution < 1.29 is 0 Å². The third-order valence-electron chi connectivity index (χ3n) is 10.1. The van der Waals surface area contributed by atoms with Gasteiger partial charge in [-0.25, -0.2) is 0 Å². The molecule has 0 atom stereocenters. The van der Waals surface area contributed by atoms with Gasteiger partial charge in [-0.15, -0.1) is 0 Å². The van der Waals surface area contributed by atoms with Crippen molar-refractivity contribution in [3.8, 4) is 0 Å². The summed E-state index contributed by atoms with van der Waals surface area (Å²) in [4.78, 5) is 0. The smallest absolute Gasteiger partial charge is 0.0386 e. The molecule has 0 radical (unpaired) electrons. The van der Waals surface area contributed by atoms with E-state index in [1.54, 1.807) is 83.5 Å². The minimum absolute atomic E-state index is 1.09. The molecule has 0 aromatic carbocycles. The van der Waals surface area contributed by atoms with E-state index in [0.717, 1.165) is 35.5 Å². The summed E-state index contributed by atoms with van der Waals surface area (Å²) in [7, 11) is 0. The molecule has 0 aromatic heterocycles. The van der Waals surface area contributed by atoms with Crippen LogP contribution in [0.5, 0.6) is 0 Å². The second-order valence-corrected chi connectivity index (χ2v) is 12.3. The third kappa shape index (κ3) is 9.04. The van der Waals surface area contributed by atoms with Crippen molar-refractivity contribution in [2.24, 2.45) is 35.5 Å². The number of hydrogen-bond acceptors (Lipinski definition) is 0. The van der Waals surface area contributed by atoms with E-state index in [9.17, 15) is 0 Å². The molecule has 3 rings (SSSR count). The Morgan fingerprint density at radius 1 is 0.355 bits per heavy atom. The minimum atomic E-state index is 1.09. The number of unbranched alkanes of at least 4 members (excludes halogenated alkanes) is 7. The first-order valence-electron chi connectivity index (χ1n) is 15.3. The molecule has 0 amide bonds. The van der Waals surface area contributed by atoms with Crippen molar-refractivity contribution in [1.29, 1.82) is 0 Å². The van der Waals surface area contributed by atoms with Gasteiger partial charge in [0.25, 0.3) is 0 Å². The zero-order valence-corrected chi connectivity index (χ0v) is 21.7. The Morgan fingerprint density at radius 2 is 0.645 bits per heavy atom. The highest BCUT2D eigenvalue weighted by molar-refractivity contribution is 4.86. The average Bonchev–Trinajstić information content (AvgIpc) is 2.82. The molecule has 0 saturated heterocycles. The van der Waals surface area contributed by atoms with Crippen molar-refractivity contribution in [2.75, 3.05) is 0 Å². The van der Waals surface area contributed by atoms with Crippen LogP contribution >= 0.6 is 0 Å². The Labute approximate surface area is 197 Å². The number of rotatable bonds is 13. The van der Waals surface area contributed by atoms with E-state index in [-0.39, 0.29) is 0 Å². The molecule has 0 unspecified atom stereocenters. The van der Waals surface area contributed by atoms with Crippen LogP contribution in [0, 0.1) is 35.5 Å². The quantitative estimate of drug-likeness (QED) is 0.255. The van der Waals surface area contributed by atoms with Crippen LogP contribution in [-0.4, -0.2) is 0 Å². The lowest BCUT2D eigenvalue weighted by molar-refractivity contribution is 0.102. The Balaban J connectivity index is 1.24. The first-order valence-corrected chi connectivity index (χ1v) is 15.3. The fourth-order valence-electron chi connectivity index (χ4n) is 7.88. The molecule has 182 valence electrons. The predicted molar refractivity (Wildman–Crippen MR) is 138 cm³/mol. The van der Waals surface area contributed by atoms with Gasteiger partial charge in [-0.1, -0.05) is 110 Å². The standard InChI is InChI=1S/C31H58/c1-3-5-7-8-9-11-13-27-16-20-29(21-17-27)31-24-22-30(23-25-31)28-18-14-26(15-19-28)12-10-6-4-2/h26-31H,3-25H2,1-2H3. The van der Waals surface area contributed by atoms with Crippen LogP contribution in [0.3, 0.4) is 0 Å². The summed E-state index contributed by atoms with van der Waals surface area (Å²) in [6.45, 7) is 4.67. The molecule has 3 aliphatic rings. The van der Waals surface area contributed by atoms with Crippen molar-refractivity contribution in [2.45, 2.75) is 162 Å². The van der Waals surface area contributed by atoms with E-state index in [1.807, 2.05) is 0 Å². The maximum absolute atomic E-state index is 2.34. The minimum Gasteiger partial charge on any atom is -0.0654 e. The molecule has 0 aromatic rings. The number of hydrogen-bond donors (Lipinski definition) is 0. The Hall–Kier alpha value is 0. The topological polar surface area (TPSA) is 0 Å². The lowest BCUT2D eigenvalue weighted by Crippen LogP contribution is -2.29. The van der Waals surface area contributed by atoms with Gasteiger partial charge < -0.3 is 0 Å². The van der Waals surface area contributed by atoms with Gasteiger partial charge in [0.1, 0.15) is 0 Å². The van der Waals surface area contributed by atoms with E-state index in [2.05, 4.69) is 13.8 Å². The van der Waals surface area contributed by atoms with E-state index < -0.39 is 0 Å². The van der Waals surface area contributed by atoms with Crippen LogP contribution in [-0.2, 0) is 0 Å². The fraction of sp³-hybridized carbons (Fsp3) is 1.00. The zero-order chi connectivity index (χ0) is 21.7. The SMILES string of the molecule is CCCCCCCCC1CCC(C2CCC(C3CCC(CCCCC)CC3)CC2)CC1. The maximum atomic E-state index is 2.34. The van der Waals surface area contributed by atoms with Gasteiger partial charge >= 0.3 is 0 Å². The lowest BCUT2D eigenvalue weighted by atomic mass is 9.64. The Kier molecular flexibility index (Phi) is 12.4. The maximum Gasteiger partial charge on any atom is -0.0386 e. The molecule has 3 saturated carbocycles. The van der Waals surface area contributed by atoms with Crippen LogP contribution in [0.4, 0.5) is 0 Å². The summed E-state index contributed by atoms with van der Waals surface area (Å²) in [6.07, 6.45) is 35.2. The molecule has 3 aliphatic carbocycles. The Morgan fingerprint density at radius 3 is 1.06 bits per heavy atom. The molecular weight excluding hydrogens is 372 g/mol. The summed E-state index contributed by atoms with van der Waals surface area (Å²) in [5.74, 6) is 6.61. The van der Waals surface area contributed by atoms with Crippen LogP contribution in [0.2, 0.25) is 0 Å². The molecule has 3 fully saturated rings. The average molecular weight is 431 g/mol. The fourth-order valence-corrected chi connectivity index (χ4v) is 7.88. The van der Waals surface area contributed by atoms with Crippen molar-refractivity contribution in [3.05, 3.63) is 0 Å². The highest BCUT2D eigenvalue weighted by atomic mass is 14.4. The van der Waals surface area contributed by atoms with Gasteiger partial charge in [-0.3, -0.25) is 0 Å². The molecule has 0 N–H and O–H groups in total. The summed E-state index contributed by atoms with van der Waals surface area (Å²) in [5, 5.41) is 0. The molecule has 0 heterocycles. The summed E-state index contributed by atoms with van der Waals surface area (Å²) in [6, 6.07) is 0. The summed E-state index contributed by atoms with van der Waals surface area (Å²) < 4.78 is 0. The van der Waals surface area contributed by atoms with E-state index in [1.165, 1.54) is 64.2 Å². The third-order valence-corrected chi connectivity index (χ3v) is 10.1. The van der Waals surface area contributed by atoms with Crippen molar-refractivity contribution >= 4 is 0 Å². The summed E-state index contributed by atoms with van der Waals surface area (Å²) in [5.41, 5.74) is 0. The van der Waals surface area contributed by atoms with E-state index in [4.69, 9.17) is 0 Å². The normalized spacial score (nSPS) is 34.6. The molecule has 0 spiro atoms. The second kappa shape index (κ2) is 15.0. The zero-order valence-electron chi connectivity index (χ0n) is 21.7. The first kappa shape index (κ1) is 25.6. The molecule has 31 heavy (non-hydrogen) atoms. The predicted octanol–water partition coefficient (Wildman–Crippen LogP) is 10.7. The van der Waals surface area contributed by atoms with Gasteiger partial charge in [0.05, 0.1) is 0 Å². The molecule has 0 bridgehead atoms. The van der Waals surface area contributed by atoms with Crippen LogP contribution in [0.25, 0.3) is 0 Å². The van der Waals surface area contributed by atoms with Crippen molar-refractivity contribution in [3.63, 3.8) is 0 Å². The van der Waals surface area contributed by atoms with Gasteiger partial charge in [-0.2, -0.15) is 0 Å². The van der Waals surface area contributed by atoms with Crippen LogP contribution in [0.15, 0.2) is 0 Å². The van der Waals surface area contributed by atoms with Gasteiger partial charge in [0.2, 0.25) is 0 Å². The van der Waals surface area contributed by atoms with Gasteiger partial charge in [0.15, 0.2) is 0 Å². The Bertz CT molecular complexity index is 415. The molecule has 0 aliphatic heterocycles. The van der Waals surface area contributed by atoms with E-state index in [0.29, 0.717) is 0 Å².